The van der Waals surface area contributed by atoms with Crippen LogP contribution in [0, 0.1) is 0 Å². The standard InChI is InChI=1S/C33H31F6N3O5S/c1-3-20-14-21(45-15-24-28(41-47-29(24)18-8-9-18)23-6-4-5-7-27(23)46-33(37,38)39)12-17(2)42(20)31-40-26(16-48-31)22-11-10-19(30(43)44)13-25(22)32(34,35)36/h4-7,10-11,13,16-18,20-21H,3,8-9,12,14-15H2,1-2H3,(H,43,44)/t17-,20+,21+/m0/s1. The lowest BCUT2D eigenvalue weighted by Gasteiger charge is -2.43. The average molecular weight is 696 g/mol. The van der Waals surface area contributed by atoms with Gasteiger partial charge in [0.25, 0.3) is 0 Å². The van der Waals surface area contributed by atoms with Crippen LogP contribution >= 0.6 is 11.3 Å². The Balaban J connectivity index is 1.21. The summed E-state index contributed by atoms with van der Waals surface area (Å²) in [5.41, 5.74) is -0.682. The van der Waals surface area contributed by atoms with E-state index in [0.717, 1.165) is 25.0 Å². The van der Waals surface area contributed by atoms with Gasteiger partial charge in [0.2, 0.25) is 0 Å². The van der Waals surface area contributed by atoms with Crippen molar-refractivity contribution in [1.82, 2.24) is 10.1 Å². The highest BCUT2D eigenvalue weighted by Crippen LogP contribution is 2.46. The molecule has 48 heavy (non-hydrogen) atoms. The molecule has 0 amide bonds. The first kappa shape index (κ1) is 33.8. The van der Waals surface area contributed by atoms with Crippen molar-refractivity contribution in [2.75, 3.05) is 4.90 Å². The Morgan fingerprint density at radius 2 is 1.83 bits per heavy atom. The summed E-state index contributed by atoms with van der Waals surface area (Å²) in [4.78, 5) is 18.0. The molecular formula is C33H31F6N3O5S. The number of anilines is 1. The fourth-order valence-electron chi connectivity index (χ4n) is 6.27. The highest BCUT2D eigenvalue weighted by molar-refractivity contribution is 7.14. The fourth-order valence-corrected chi connectivity index (χ4v) is 7.27. The monoisotopic (exact) mass is 695 g/mol. The second-order valence-electron chi connectivity index (χ2n) is 12.0. The van der Waals surface area contributed by atoms with Crippen molar-refractivity contribution in [2.45, 2.75) is 89.2 Å². The van der Waals surface area contributed by atoms with Crippen molar-refractivity contribution in [3.05, 3.63) is 70.3 Å². The van der Waals surface area contributed by atoms with Crippen LogP contribution in [0.2, 0.25) is 0 Å². The predicted molar refractivity (Wildman–Crippen MR) is 164 cm³/mol. The third-order valence-electron chi connectivity index (χ3n) is 8.64. The van der Waals surface area contributed by atoms with Gasteiger partial charge in [-0.2, -0.15) is 13.2 Å². The topological polar surface area (TPSA) is 97.9 Å². The summed E-state index contributed by atoms with van der Waals surface area (Å²) in [5.74, 6) is -1.14. The maximum absolute atomic E-state index is 13.9. The zero-order valence-electron chi connectivity index (χ0n) is 25.8. The Morgan fingerprint density at radius 1 is 1.08 bits per heavy atom. The third kappa shape index (κ3) is 7.16. The molecule has 3 atom stereocenters. The first-order chi connectivity index (χ1) is 22.7. The van der Waals surface area contributed by atoms with E-state index in [4.69, 9.17) is 9.26 Å². The highest BCUT2D eigenvalue weighted by atomic mass is 32.1. The van der Waals surface area contributed by atoms with E-state index in [1.54, 1.807) is 6.07 Å². The largest absolute Gasteiger partial charge is 0.573 e. The van der Waals surface area contributed by atoms with E-state index >= 15 is 0 Å². The summed E-state index contributed by atoms with van der Waals surface area (Å²) in [5, 5.41) is 15.4. The van der Waals surface area contributed by atoms with E-state index in [2.05, 4.69) is 19.8 Å². The second-order valence-corrected chi connectivity index (χ2v) is 12.8. The number of nitrogens with zero attached hydrogens (tertiary/aromatic N) is 3. The van der Waals surface area contributed by atoms with E-state index in [1.807, 2.05) is 13.8 Å². The Labute approximate surface area is 275 Å². The molecule has 3 heterocycles. The first-order valence-corrected chi connectivity index (χ1v) is 16.2. The predicted octanol–water partition coefficient (Wildman–Crippen LogP) is 9.31. The summed E-state index contributed by atoms with van der Waals surface area (Å²) < 4.78 is 97.6. The molecule has 4 aromatic rings. The molecule has 1 saturated carbocycles. The number of aromatic nitrogens is 2. The second kappa shape index (κ2) is 13.1. The summed E-state index contributed by atoms with van der Waals surface area (Å²) in [7, 11) is 0. The number of rotatable bonds is 10. The lowest BCUT2D eigenvalue weighted by atomic mass is 9.92. The zero-order valence-corrected chi connectivity index (χ0v) is 26.6. The molecule has 8 nitrogen and oxygen atoms in total. The summed E-state index contributed by atoms with van der Waals surface area (Å²) >= 11 is 1.21. The van der Waals surface area contributed by atoms with Crippen LogP contribution in [0.4, 0.5) is 31.5 Å². The van der Waals surface area contributed by atoms with Gasteiger partial charge in [0.1, 0.15) is 17.2 Å². The molecule has 6 rings (SSSR count). The Kier molecular flexibility index (Phi) is 9.20. The van der Waals surface area contributed by atoms with E-state index in [0.29, 0.717) is 41.8 Å². The number of carboxylic acid groups (broad SMARTS) is 1. The SMILES string of the molecule is CC[C@@H]1C[C@H](OCc2c(-c3ccccc3OC(F)(F)F)noc2C2CC2)C[C@H](C)N1c1nc(-c2ccc(C(=O)O)cc2C(F)(F)F)cs1. The minimum Gasteiger partial charge on any atom is -0.478 e. The molecule has 0 unspecified atom stereocenters. The highest BCUT2D eigenvalue weighted by Gasteiger charge is 2.39. The number of benzene rings is 2. The van der Waals surface area contributed by atoms with Crippen LogP contribution in [-0.4, -0.2) is 45.8 Å². The molecule has 0 spiro atoms. The van der Waals surface area contributed by atoms with Gasteiger partial charge < -0.3 is 24.0 Å². The van der Waals surface area contributed by atoms with Gasteiger partial charge in [0, 0.05) is 40.1 Å². The maximum atomic E-state index is 13.9. The molecule has 2 aromatic carbocycles. The van der Waals surface area contributed by atoms with E-state index in [-0.39, 0.29) is 53.2 Å². The van der Waals surface area contributed by atoms with Crippen LogP contribution in [0.25, 0.3) is 22.5 Å². The molecular weight excluding hydrogens is 664 g/mol. The van der Waals surface area contributed by atoms with Gasteiger partial charge in [-0.15, -0.1) is 24.5 Å². The first-order valence-electron chi connectivity index (χ1n) is 15.4. The molecule has 256 valence electrons. The molecule has 0 radical (unpaired) electrons. The Hall–Kier alpha value is -4.11. The van der Waals surface area contributed by atoms with Crippen molar-refractivity contribution in [1.29, 1.82) is 0 Å². The molecule has 1 N–H and O–H groups in total. The van der Waals surface area contributed by atoms with Crippen molar-refractivity contribution in [2.24, 2.45) is 0 Å². The van der Waals surface area contributed by atoms with Crippen LogP contribution in [0.5, 0.6) is 5.75 Å². The number of alkyl halides is 6. The number of halogens is 6. The van der Waals surface area contributed by atoms with E-state index in [1.165, 1.54) is 34.9 Å². The lowest BCUT2D eigenvalue weighted by molar-refractivity contribution is -0.274. The van der Waals surface area contributed by atoms with E-state index < -0.39 is 35.4 Å². The number of thiazole rings is 1. The van der Waals surface area contributed by atoms with Gasteiger partial charge in [-0.05, 0) is 63.3 Å². The van der Waals surface area contributed by atoms with Gasteiger partial charge in [-0.25, -0.2) is 9.78 Å². The van der Waals surface area contributed by atoms with Crippen LogP contribution in [0.1, 0.15) is 79.1 Å². The van der Waals surface area contributed by atoms with Crippen molar-refractivity contribution >= 4 is 22.4 Å². The minimum absolute atomic E-state index is 0.0623. The number of aromatic carboxylic acids is 1. The molecule has 0 bridgehead atoms. The lowest BCUT2D eigenvalue weighted by Crippen LogP contribution is -2.50. The number of ether oxygens (including phenoxy) is 2. The summed E-state index contributed by atoms with van der Waals surface area (Å²) in [6, 6.07) is 8.45. The van der Waals surface area contributed by atoms with Gasteiger partial charge in [0.15, 0.2) is 5.13 Å². The molecule has 1 saturated heterocycles. The van der Waals surface area contributed by atoms with E-state index in [9.17, 15) is 36.2 Å². The summed E-state index contributed by atoms with van der Waals surface area (Å²) in [6.07, 6.45) is -6.34. The van der Waals surface area contributed by atoms with Crippen molar-refractivity contribution < 1.29 is 50.2 Å². The summed E-state index contributed by atoms with van der Waals surface area (Å²) in [6.45, 7) is 4.04. The maximum Gasteiger partial charge on any atom is 0.573 e. The zero-order chi connectivity index (χ0) is 34.4. The van der Waals surface area contributed by atoms with Crippen molar-refractivity contribution in [3.63, 3.8) is 0 Å². The smallest absolute Gasteiger partial charge is 0.478 e. The van der Waals surface area contributed by atoms with Crippen LogP contribution in [0.15, 0.2) is 52.4 Å². The fraction of sp³-hybridized carbons (Fsp3) is 0.424. The average Bonchev–Trinajstić information content (AvgIpc) is 3.60. The molecule has 15 heteroatoms. The van der Waals surface area contributed by atoms with Crippen molar-refractivity contribution in [3.8, 4) is 28.3 Å². The number of hydrogen-bond donors (Lipinski definition) is 1. The van der Waals surface area contributed by atoms with Crippen LogP contribution in [0.3, 0.4) is 0 Å². The quantitative estimate of drug-likeness (QED) is 0.164. The Morgan fingerprint density at radius 3 is 2.50 bits per heavy atom. The minimum atomic E-state index is -4.89. The molecule has 2 aliphatic rings. The molecule has 1 aliphatic heterocycles. The van der Waals surface area contributed by atoms with Gasteiger partial charge >= 0.3 is 18.5 Å². The van der Waals surface area contributed by atoms with Gasteiger partial charge in [-0.1, -0.05) is 30.3 Å². The normalized spacial score (nSPS) is 20.2. The number of carboxylic acids is 1. The molecule has 2 aromatic heterocycles. The molecule has 1 aliphatic carbocycles. The molecule has 2 fully saturated rings. The van der Waals surface area contributed by atoms with Crippen LogP contribution in [-0.2, 0) is 17.5 Å². The van der Waals surface area contributed by atoms with Gasteiger partial charge in [-0.3, -0.25) is 0 Å². The van der Waals surface area contributed by atoms with Gasteiger partial charge in [0.05, 0.1) is 29.5 Å². The third-order valence-corrected chi connectivity index (χ3v) is 9.49. The number of hydrogen-bond acceptors (Lipinski definition) is 8. The van der Waals surface area contributed by atoms with Crippen LogP contribution < -0.4 is 9.64 Å². The number of para-hydroxylation sites is 1. The number of piperidine rings is 1. The number of carbonyl (C=O) groups is 1. The Bertz CT molecular complexity index is 1780.